The van der Waals surface area contributed by atoms with Crippen LogP contribution >= 0.6 is 0 Å². The third-order valence-electron chi connectivity index (χ3n) is 4.46. The zero-order valence-electron chi connectivity index (χ0n) is 14.3. The van der Waals surface area contributed by atoms with E-state index in [-0.39, 0.29) is 0 Å². The molecule has 0 unspecified atom stereocenters. The summed E-state index contributed by atoms with van der Waals surface area (Å²) in [7, 11) is 0. The fraction of sp³-hybridized carbons (Fsp3) is 0.350. The maximum absolute atomic E-state index is 12.5. The molecule has 1 heterocycles. The Hall–Kier alpha value is -2.34. The quantitative estimate of drug-likeness (QED) is 0.753. The molecule has 3 rings (SSSR count). The number of benzene rings is 1. The number of alkyl halides is 3. The van der Waals surface area contributed by atoms with Gasteiger partial charge >= 0.3 is 6.18 Å². The molecule has 1 aromatic carbocycles. The van der Waals surface area contributed by atoms with E-state index in [4.69, 9.17) is 4.74 Å². The number of rotatable bonds is 4. The third-order valence-corrected chi connectivity index (χ3v) is 4.46. The van der Waals surface area contributed by atoms with Gasteiger partial charge in [0.1, 0.15) is 0 Å². The van der Waals surface area contributed by atoms with Crippen LogP contribution in [0.1, 0.15) is 18.4 Å². The van der Waals surface area contributed by atoms with E-state index in [2.05, 4.69) is 11.0 Å². The number of halogens is 3. The lowest BCUT2D eigenvalue weighted by Crippen LogP contribution is -2.36. The fourth-order valence-corrected chi connectivity index (χ4v) is 3.23. The summed E-state index contributed by atoms with van der Waals surface area (Å²) in [6.45, 7) is 2.54. The normalized spacial score (nSPS) is 20.4. The molecule has 6 heteroatoms. The summed E-state index contributed by atoms with van der Waals surface area (Å²) in [5, 5.41) is 0. The van der Waals surface area contributed by atoms with Crippen molar-refractivity contribution in [2.45, 2.75) is 19.0 Å². The van der Waals surface area contributed by atoms with Crippen molar-refractivity contribution in [3.05, 3.63) is 64.9 Å². The zero-order valence-corrected chi connectivity index (χ0v) is 14.3. The molecule has 3 nitrogen and oxygen atoms in total. The van der Waals surface area contributed by atoms with Crippen molar-refractivity contribution in [1.29, 1.82) is 0 Å². The number of hydrogen-bond acceptors (Lipinski definition) is 3. The number of ketones is 1. The van der Waals surface area contributed by atoms with E-state index in [0.717, 1.165) is 28.8 Å². The van der Waals surface area contributed by atoms with Gasteiger partial charge in [0.25, 0.3) is 5.78 Å². The molecule has 1 fully saturated rings. The van der Waals surface area contributed by atoms with Crippen molar-refractivity contribution >= 4 is 11.9 Å². The van der Waals surface area contributed by atoms with Gasteiger partial charge in [-0.3, -0.25) is 4.79 Å². The SMILES string of the molecule is O=C(/C=C/C1=C(N2CCOCC2)C(=C/c2ccccc2)/CC1)C(F)(F)F. The van der Waals surface area contributed by atoms with E-state index in [0.29, 0.717) is 38.8 Å². The lowest BCUT2D eigenvalue weighted by atomic mass is 10.1. The van der Waals surface area contributed by atoms with Crippen LogP contribution in [0.5, 0.6) is 0 Å². The van der Waals surface area contributed by atoms with Gasteiger partial charge in [0.15, 0.2) is 0 Å². The van der Waals surface area contributed by atoms with Gasteiger partial charge in [-0.1, -0.05) is 36.4 Å². The van der Waals surface area contributed by atoms with Crippen LogP contribution in [0.3, 0.4) is 0 Å². The van der Waals surface area contributed by atoms with Crippen molar-refractivity contribution in [2.24, 2.45) is 0 Å². The zero-order chi connectivity index (χ0) is 18.6. The molecule has 0 radical (unpaired) electrons. The molecule has 0 spiro atoms. The predicted molar refractivity (Wildman–Crippen MR) is 93.3 cm³/mol. The second kappa shape index (κ2) is 7.91. The summed E-state index contributed by atoms with van der Waals surface area (Å²) in [5.41, 5.74) is 3.83. The van der Waals surface area contributed by atoms with Gasteiger partial charge in [-0.15, -0.1) is 0 Å². The molecule has 26 heavy (non-hydrogen) atoms. The van der Waals surface area contributed by atoms with Crippen LogP contribution < -0.4 is 0 Å². The van der Waals surface area contributed by atoms with Crippen LogP contribution in [-0.4, -0.2) is 43.2 Å². The first-order valence-corrected chi connectivity index (χ1v) is 8.56. The number of carbonyl (C=O) groups excluding carboxylic acids is 1. The van der Waals surface area contributed by atoms with Gasteiger partial charge in [0.2, 0.25) is 0 Å². The largest absolute Gasteiger partial charge is 0.454 e. The lowest BCUT2D eigenvalue weighted by Gasteiger charge is -2.31. The highest BCUT2D eigenvalue weighted by Gasteiger charge is 2.36. The topological polar surface area (TPSA) is 29.5 Å². The maximum Gasteiger partial charge on any atom is 0.454 e. The van der Waals surface area contributed by atoms with Crippen molar-refractivity contribution in [1.82, 2.24) is 4.90 Å². The molecule has 2 aliphatic rings. The van der Waals surface area contributed by atoms with Crippen LogP contribution in [0, 0.1) is 0 Å². The van der Waals surface area contributed by atoms with Crippen LogP contribution in [0.15, 0.2) is 59.3 Å². The molecule has 1 aliphatic carbocycles. The highest BCUT2D eigenvalue weighted by Crippen LogP contribution is 2.36. The van der Waals surface area contributed by atoms with Crippen LogP contribution in [-0.2, 0) is 9.53 Å². The second-order valence-corrected chi connectivity index (χ2v) is 6.25. The van der Waals surface area contributed by atoms with Gasteiger partial charge in [0, 0.05) is 18.8 Å². The molecule has 138 valence electrons. The summed E-state index contributed by atoms with van der Waals surface area (Å²) >= 11 is 0. The third kappa shape index (κ3) is 4.43. The van der Waals surface area contributed by atoms with Gasteiger partial charge < -0.3 is 9.64 Å². The molecule has 0 atom stereocenters. The van der Waals surface area contributed by atoms with Crippen molar-refractivity contribution in [2.75, 3.05) is 26.3 Å². The van der Waals surface area contributed by atoms with Gasteiger partial charge in [-0.2, -0.15) is 13.2 Å². The standard InChI is InChI=1S/C20H20F3NO2/c21-20(22,23)18(25)9-8-16-6-7-17(14-15-4-2-1-3-5-15)19(16)24-10-12-26-13-11-24/h1-5,8-9,14H,6-7,10-13H2/b9-8+,17-14+. The molecular weight excluding hydrogens is 343 g/mol. The molecule has 0 saturated carbocycles. The Bertz CT molecular complexity index is 742. The maximum atomic E-state index is 12.5. The fourth-order valence-electron chi connectivity index (χ4n) is 3.23. The first kappa shape index (κ1) is 18.5. The van der Waals surface area contributed by atoms with Crippen LogP contribution in [0.2, 0.25) is 0 Å². The number of ether oxygens (including phenoxy) is 1. The minimum Gasteiger partial charge on any atom is -0.378 e. The van der Waals surface area contributed by atoms with E-state index < -0.39 is 12.0 Å². The Morgan fingerprint density at radius 1 is 1.08 bits per heavy atom. The number of hydrogen-bond donors (Lipinski definition) is 0. The predicted octanol–water partition coefficient (Wildman–Crippen LogP) is 4.14. The molecule has 0 amide bonds. The Morgan fingerprint density at radius 2 is 1.77 bits per heavy atom. The Labute approximate surface area is 150 Å². The average molecular weight is 363 g/mol. The van der Waals surface area contributed by atoms with Gasteiger partial charge in [0.05, 0.1) is 13.2 Å². The summed E-state index contributed by atoms with van der Waals surface area (Å²) in [6, 6.07) is 9.81. The van der Waals surface area contributed by atoms with E-state index in [1.54, 1.807) is 0 Å². The summed E-state index contributed by atoms with van der Waals surface area (Å²) in [5.74, 6) is -1.83. The Kier molecular flexibility index (Phi) is 5.61. The van der Waals surface area contributed by atoms with E-state index in [1.165, 1.54) is 6.08 Å². The van der Waals surface area contributed by atoms with E-state index in [1.807, 2.05) is 30.3 Å². The van der Waals surface area contributed by atoms with Crippen LogP contribution in [0.4, 0.5) is 13.2 Å². The van der Waals surface area contributed by atoms with E-state index in [9.17, 15) is 18.0 Å². The molecule has 0 aromatic heterocycles. The van der Waals surface area contributed by atoms with Crippen LogP contribution in [0.25, 0.3) is 6.08 Å². The average Bonchev–Trinajstić information content (AvgIpc) is 3.03. The van der Waals surface area contributed by atoms with Crippen molar-refractivity contribution in [3.63, 3.8) is 0 Å². The number of morpholine rings is 1. The van der Waals surface area contributed by atoms with E-state index >= 15 is 0 Å². The van der Waals surface area contributed by atoms with Crippen molar-refractivity contribution in [3.8, 4) is 0 Å². The molecule has 0 bridgehead atoms. The number of carbonyl (C=O) groups is 1. The van der Waals surface area contributed by atoms with Gasteiger partial charge in [-0.05, 0) is 41.7 Å². The summed E-state index contributed by atoms with van der Waals surface area (Å²) < 4.78 is 42.8. The minimum atomic E-state index is -4.84. The summed E-state index contributed by atoms with van der Waals surface area (Å²) in [4.78, 5) is 13.3. The van der Waals surface area contributed by atoms with Crippen molar-refractivity contribution < 1.29 is 22.7 Å². The van der Waals surface area contributed by atoms with Gasteiger partial charge in [-0.25, -0.2) is 0 Å². The first-order valence-electron chi connectivity index (χ1n) is 8.56. The molecule has 0 N–H and O–H groups in total. The second-order valence-electron chi connectivity index (χ2n) is 6.25. The number of allylic oxidation sites excluding steroid dienone is 4. The molecule has 1 aromatic rings. The summed E-state index contributed by atoms with van der Waals surface area (Å²) in [6.07, 6.45) is 0.552. The minimum absolute atomic E-state index is 0.584. The highest BCUT2D eigenvalue weighted by atomic mass is 19.4. The first-order chi connectivity index (χ1) is 12.4. The lowest BCUT2D eigenvalue weighted by molar-refractivity contribution is -0.165. The Balaban J connectivity index is 1.93. The Morgan fingerprint density at radius 3 is 2.42 bits per heavy atom. The number of nitrogens with zero attached hydrogens (tertiary/aromatic N) is 1. The molecule has 1 saturated heterocycles. The molecule has 1 aliphatic heterocycles. The monoisotopic (exact) mass is 363 g/mol. The highest BCUT2D eigenvalue weighted by molar-refractivity contribution is 5.94. The smallest absolute Gasteiger partial charge is 0.378 e. The molecular formula is C20H20F3NO2.